The minimum Gasteiger partial charge on any atom is -0.489 e. The van der Waals surface area contributed by atoms with E-state index in [1.54, 1.807) is 12.0 Å². The van der Waals surface area contributed by atoms with Gasteiger partial charge in [0.05, 0.1) is 24.9 Å². The van der Waals surface area contributed by atoms with Crippen LogP contribution in [-0.4, -0.2) is 48.6 Å². The normalized spacial score (nSPS) is 18.4. The molecule has 1 aliphatic rings. The lowest BCUT2D eigenvalue weighted by molar-refractivity contribution is -0.153. The van der Waals surface area contributed by atoms with Gasteiger partial charge in [0, 0.05) is 24.6 Å². The predicted molar refractivity (Wildman–Crippen MR) is 141 cm³/mol. The molecule has 2 heterocycles. The standard InChI is InChI=1S/C29H35N3O5/c1-19(2)15-26(27(33)36-4)32-14-13-29(30,28(32)34)22-9-11-23(12-10-22)37-17-21-16-20-7-5-6-8-24(20)31-25(21)18-35-3/h5-12,16,19,26H,13-15,17-18,30H2,1-4H3. The molecule has 1 fully saturated rings. The molecule has 1 aliphatic heterocycles. The highest BCUT2D eigenvalue weighted by atomic mass is 16.5. The van der Waals surface area contributed by atoms with Gasteiger partial charge in [0.1, 0.15) is 23.9 Å². The third kappa shape index (κ3) is 5.60. The van der Waals surface area contributed by atoms with Gasteiger partial charge in [-0.1, -0.05) is 44.2 Å². The Hall–Kier alpha value is -3.49. The van der Waals surface area contributed by atoms with Crippen LogP contribution in [0.5, 0.6) is 5.75 Å². The highest BCUT2D eigenvalue weighted by Crippen LogP contribution is 2.34. The van der Waals surface area contributed by atoms with E-state index < -0.39 is 17.6 Å². The van der Waals surface area contributed by atoms with Crippen molar-refractivity contribution in [1.82, 2.24) is 9.88 Å². The van der Waals surface area contributed by atoms with E-state index >= 15 is 0 Å². The van der Waals surface area contributed by atoms with Crippen LogP contribution < -0.4 is 10.5 Å². The molecule has 1 aromatic heterocycles. The van der Waals surface area contributed by atoms with Gasteiger partial charge in [0.2, 0.25) is 5.91 Å². The molecule has 196 valence electrons. The fourth-order valence-corrected chi connectivity index (χ4v) is 4.86. The van der Waals surface area contributed by atoms with Gasteiger partial charge in [-0.25, -0.2) is 9.78 Å². The first-order valence-electron chi connectivity index (χ1n) is 12.5. The van der Waals surface area contributed by atoms with Gasteiger partial charge in [0.25, 0.3) is 0 Å². The number of fused-ring (bicyclic) bond motifs is 1. The van der Waals surface area contributed by atoms with Gasteiger partial charge in [-0.15, -0.1) is 0 Å². The highest BCUT2D eigenvalue weighted by molar-refractivity contribution is 5.93. The molecule has 1 saturated heterocycles. The molecule has 2 atom stereocenters. The molecule has 37 heavy (non-hydrogen) atoms. The van der Waals surface area contributed by atoms with E-state index in [0.717, 1.165) is 22.2 Å². The van der Waals surface area contributed by atoms with Crippen molar-refractivity contribution in [2.45, 2.75) is 51.5 Å². The third-order valence-electron chi connectivity index (χ3n) is 6.87. The summed E-state index contributed by atoms with van der Waals surface area (Å²) in [5.41, 5.74) is 8.82. The summed E-state index contributed by atoms with van der Waals surface area (Å²) in [6.45, 7) is 5.14. The van der Waals surface area contributed by atoms with Gasteiger partial charge >= 0.3 is 5.97 Å². The number of nitrogens with zero attached hydrogens (tertiary/aromatic N) is 2. The lowest BCUT2D eigenvalue weighted by Crippen LogP contribution is -2.50. The zero-order valence-corrected chi connectivity index (χ0v) is 21.9. The molecule has 0 saturated carbocycles. The van der Waals surface area contributed by atoms with E-state index in [-0.39, 0.29) is 11.8 Å². The quantitative estimate of drug-likeness (QED) is 0.416. The average Bonchev–Trinajstić information content (AvgIpc) is 3.20. The van der Waals surface area contributed by atoms with Gasteiger partial charge in [-0.3, -0.25) is 4.79 Å². The van der Waals surface area contributed by atoms with Crippen LogP contribution in [0, 0.1) is 5.92 Å². The second kappa shape index (κ2) is 11.3. The number of benzene rings is 2. The Balaban J connectivity index is 1.48. The van der Waals surface area contributed by atoms with Gasteiger partial charge in [0.15, 0.2) is 0 Å². The zero-order chi connectivity index (χ0) is 26.6. The number of likely N-dealkylation sites (tertiary alicyclic amines) is 1. The number of aromatic nitrogens is 1. The number of carbonyl (C=O) groups is 2. The smallest absolute Gasteiger partial charge is 0.328 e. The van der Waals surface area contributed by atoms with Crippen LogP contribution in [0.25, 0.3) is 10.9 Å². The van der Waals surface area contributed by atoms with Crippen LogP contribution >= 0.6 is 0 Å². The van der Waals surface area contributed by atoms with Crippen molar-refractivity contribution in [3.63, 3.8) is 0 Å². The minimum atomic E-state index is -1.20. The molecule has 2 unspecified atom stereocenters. The molecule has 4 rings (SSSR count). The Kier molecular flexibility index (Phi) is 8.10. The summed E-state index contributed by atoms with van der Waals surface area (Å²) >= 11 is 0. The van der Waals surface area contributed by atoms with Crippen molar-refractivity contribution in [2.24, 2.45) is 11.7 Å². The highest BCUT2D eigenvalue weighted by Gasteiger charge is 2.48. The zero-order valence-electron chi connectivity index (χ0n) is 21.9. The molecule has 0 aliphatic carbocycles. The second-order valence-electron chi connectivity index (χ2n) is 9.92. The number of hydrogen-bond donors (Lipinski definition) is 1. The number of carbonyl (C=O) groups excluding carboxylic acids is 2. The molecule has 0 bridgehead atoms. The molecular weight excluding hydrogens is 470 g/mol. The number of esters is 1. The molecule has 0 spiro atoms. The summed E-state index contributed by atoms with van der Waals surface area (Å²) in [4.78, 5) is 32.1. The monoisotopic (exact) mass is 505 g/mol. The number of methoxy groups -OCH3 is 2. The maximum atomic E-state index is 13.4. The summed E-state index contributed by atoms with van der Waals surface area (Å²) in [6, 6.07) is 16.6. The Labute approximate surface area is 217 Å². The van der Waals surface area contributed by atoms with E-state index in [4.69, 9.17) is 24.9 Å². The van der Waals surface area contributed by atoms with Gasteiger partial charge in [-0.2, -0.15) is 0 Å². The maximum Gasteiger partial charge on any atom is 0.328 e. The Morgan fingerprint density at radius 2 is 1.84 bits per heavy atom. The Bertz CT molecular complexity index is 1260. The summed E-state index contributed by atoms with van der Waals surface area (Å²) in [5.74, 6) is 0.205. The van der Waals surface area contributed by atoms with Crippen molar-refractivity contribution >= 4 is 22.8 Å². The molecule has 2 N–H and O–H groups in total. The Morgan fingerprint density at radius 3 is 2.51 bits per heavy atom. The fourth-order valence-electron chi connectivity index (χ4n) is 4.86. The van der Waals surface area contributed by atoms with Gasteiger partial charge in [-0.05, 0) is 48.6 Å². The molecule has 0 radical (unpaired) electrons. The summed E-state index contributed by atoms with van der Waals surface area (Å²) in [5, 5.41) is 1.04. The van der Waals surface area contributed by atoms with Crippen molar-refractivity contribution in [3.05, 3.63) is 71.4 Å². The molecule has 1 amide bonds. The fraction of sp³-hybridized carbons (Fsp3) is 0.414. The minimum absolute atomic E-state index is 0.225. The van der Waals surface area contributed by atoms with Crippen LogP contribution in [0.15, 0.2) is 54.6 Å². The molecule has 8 heteroatoms. The number of ether oxygens (including phenoxy) is 3. The summed E-state index contributed by atoms with van der Waals surface area (Å²) in [7, 11) is 2.99. The van der Waals surface area contributed by atoms with Crippen molar-refractivity contribution in [3.8, 4) is 5.75 Å². The lowest BCUT2D eigenvalue weighted by Gasteiger charge is -2.29. The molecule has 2 aromatic carbocycles. The third-order valence-corrected chi connectivity index (χ3v) is 6.87. The van der Waals surface area contributed by atoms with E-state index in [1.807, 2.05) is 62.4 Å². The number of hydrogen-bond acceptors (Lipinski definition) is 7. The summed E-state index contributed by atoms with van der Waals surface area (Å²) < 4.78 is 16.4. The number of rotatable bonds is 10. The van der Waals surface area contributed by atoms with Crippen LogP contribution in [0.2, 0.25) is 0 Å². The van der Waals surface area contributed by atoms with Crippen molar-refractivity contribution in [1.29, 1.82) is 0 Å². The van der Waals surface area contributed by atoms with Crippen molar-refractivity contribution < 1.29 is 23.8 Å². The Morgan fingerprint density at radius 1 is 1.11 bits per heavy atom. The van der Waals surface area contributed by atoms with E-state index in [0.29, 0.717) is 43.9 Å². The number of amides is 1. The predicted octanol–water partition coefficient (Wildman–Crippen LogP) is 3.93. The first kappa shape index (κ1) is 26.6. The second-order valence-corrected chi connectivity index (χ2v) is 9.92. The maximum absolute atomic E-state index is 13.4. The van der Waals surface area contributed by atoms with E-state index in [9.17, 15) is 9.59 Å². The topological polar surface area (TPSA) is 104 Å². The molecule has 3 aromatic rings. The number of pyridine rings is 1. The number of nitrogens with two attached hydrogens (primary N) is 1. The summed E-state index contributed by atoms with van der Waals surface area (Å²) in [6.07, 6.45) is 0.941. The average molecular weight is 506 g/mol. The SMILES string of the molecule is COCc1nc2ccccc2cc1COc1ccc(C2(N)CCN(C(CC(C)C)C(=O)OC)C2=O)cc1. The van der Waals surface area contributed by atoms with E-state index in [2.05, 4.69) is 6.07 Å². The van der Waals surface area contributed by atoms with Crippen LogP contribution in [0.3, 0.4) is 0 Å². The first-order chi connectivity index (χ1) is 17.8. The van der Waals surface area contributed by atoms with Crippen LogP contribution in [0.1, 0.15) is 43.5 Å². The lowest BCUT2D eigenvalue weighted by atomic mass is 9.89. The van der Waals surface area contributed by atoms with Crippen molar-refractivity contribution in [2.75, 3.05) is 20.8 Å². The molecule has 8 nitrogen and oxygen atoms in total. The number of para-hydroxylation sites is 1. The largest absolute Gasteiger partial charge is 0.489 e. The van der Waals surface area contributed by atoms with Gasteiger partial charge < -0.3 is 24.8 Å². The first-order valence-corrected chi connectivity index (χ1v) is 12.5. The van der Waals surface area contributed by atoms with E-state index in [1.165, 1.54) is 7.11 Å². The van der Waals surface area contributed by atoms with Crippen LogP contribution in [-0.2, 0) is 37.8 Å². The molecular formula is C29H35N3O5. The van der Waals surface area contributed by atoms with Crippen LogP contribution in [0.4, 0.5) is 0 Å².